The van der Waals surface area contributed by atoms with Crippen molar-refractivity contribution in [2.75, 3.05) is 0 Å². The number of rotatable bonds is 5. The van der Waals surface area contributed by atoms with E-state index < -0.39 is 10.0 Å². The van der Waals surface area contributed by atoms with E-state index >= 15 is 0 Å². The molecular formula is C24H27N3O3S. The van der Waals surface area contributed by atoms with E-state index in [2.05, 4.69) is 9.82 Å². The molecule has 1 atom stereocenters. The summed E-state index contributed by atoms with van der Waals surface area (Å²) in [4.78, 5) is 12.8. The van der Waals surface area contributed by atoms with E-state index in [0.717, 1.165) is 42.4 Å². The van der Waals surface area contributed by atoms with Crippen molar-refractivity contribution in [2.45, 2.75) is 50.5 Å². The number of fused-ring (bicyclic) bond motifs is 1. The zero-order valence-electron chi connectivity index (χ0n) is 18.1. The Morgan fingerprint density at radius 1 is 1.03 bits per heavy atom. The lowest BCUT2D eigenvalue weighted by atomic mass is 9.89. The van der Waals surface area contributed by atoms with Crippen molar-refractivity contribution < 1.29 is 8.42 Å². The first kappa shape index (κ1) is 21.5. The van der Waals surface area contributed by atoms with Crippen LogP contribution in [0.5, 0.6) is 0 Å². The van der Waals surface area contributed by atoms with E-state index in [-0.39, 0.29) is 16.5 Å². The van der Waals surface area contributed by atoms with E-state index in [1.54, 1.807) is 26.1 Å². The molecule has 6 nitrogen and oxygen atoms in total. The van der Waals surface area contributed by atoms with Crippen LogP contribution in [-0.4, -0.2) is 18.2 Å². The van der Waals surface area contributed by atoms with Crippen LogP contribution in [0, 0.1) is 6.92 Å². The molecule has 31 heavy (non-hydrogen) atoms. The maximum absolute atomic E-state index is 13.2. The van der Waals surface area contributed by atoms with E-state index in [4.69, 9.17) is 0 Å². The molecule has 162 valence electrons. The van der Waals surface area contributed by atoms with Gasteiger partial charge in [-0.15, -0.1) is 0 Å². The summed E-state index contributed by atoms with van der Waals surface area (Å²) in [6, 6.07) is 14.5. The van der Waals surface area contributed by atoms with Crippen molar-refractivity contribution in [3.8, 4) is 11.3 Å². The molecule has 0 saturated carbocycles. The molecule has 0 amide bonds. The number of aromatic nitrogens is 2. The summed E-state index contributed by atoms with van der Waals surface area (Å²) in [5.74, 6) is 0. The maximum atomic E-state index is 13.2. The van der Waals surface area contributed by atoms with Crippen molar-refractivity contribution in [3.05, 3.63) is 81.1 Å². The van der Waals surface area contributed by atoms with Crippen molar-refractivity contribution in [2.24, 2.45) is 7.05 Å². The first-order chi connectivity index (χ1) is 14.8. The largest absolute Gasteiger partial charge is 0.269 e. The molecule has 1 unspecified atom stereocenters. The smallest absolute Gasteiger partial charge is 0.268 e. The van der Waals surface area contributed by atoms with Gasteiger partial charge in [-0.1, -0.05) is 42.5 Å². The van der Waals surface area contributed by atoms with Gasteiger partial charge < -0.3 is 0 Å². The second-order valence-corrected chi connectivity index (χ2v) is 9.86. The Labute approximate surface area is 183 Å². The summed E-state index contributed by atoms with van der Waals surface area (Å²) >= 11 is 0. The molecule has 1 N–H and O–H groups in total. The summed E-state index contributed by atoms with van der Waals surface area (Å²) in [6.45, 7) is 3.62. The second kappa shape index (κ2) is 8.40. The number of hydrogen-bond acceptors (Lipinski definition) is 4. The molecule has 0 aliphatic heterocycles. The molecule has 0 radical (unpaired) electrons. The molecule has 4 rings (SSSR count). The molecule has 1 aliphatic carbocycles. The lowest BCUT2D eigenvalue weighted by molar-refractivity contribution is 0.566. The Bertz CT molecular complexity index is 1280. The topological polar surface area (TPSA) is 81.1 Å². The standard InChI is InChI=1S/C24H27N3O3S/c1-16-13-14-19(23-20-11-7-8-12-21(20)24(28)27(3)25-23)15-22(16)31(29,30)26-17(2)18-9-5-4-6-10-18/h4-6,9-10,13-15,17,26H,7-8,11-12H2,1-3H3. The zero-order valence-corrected chi connectivity index (χ0v) is 18.9. The molecule has 0 spiro atoms. The van der Waals surface area contributed by atoms with Crippen LogP contribution in [0.2, 0.25) is 0 Å². The van der Waals surface area contributed by atoms with Gasteiger partial charge in [-0.2, -0.15) is 5.10 Å². The third-order valence-electron chi connectivity index (χ3n) is 5.94. The fourth-order valence-corrected chi connectivity index (χ4v) is 5.73. The van der Waals surface area contributed by atoms with Crippen molar-refractivity contribution in [1.82, 2.24) is 14.5 Å². The van der Waals surface area contributed by atoms with Gasteiger partial charge in [0.15, 0.2) is 0 Å². The average Bonchev–Trinajstić information content (AvgIpc) is 2.77. The minimum atomic E-state index is -3.75. The van der Waals surface area contributed by atoms with Crippen molar-refractivity contribution in [1.29, 1.82) is 0 Å². The van der Waals surface area contributed by atoms with E-state index in [0.29, 0.717) is 16.8 Å². The van der Waals surface area contributed by atoms with E-state index in [1.165, 1.54) is 4.68 Å². The monoisotopic (exact) mass is 437 g/mol. The Morgan fingerprint density at radius 3 is 2.42 bits per heavy atom. The first-order valence-corrected chi connectivity index (χ1v) is 12.0. The highest BCUT2D eigenvalue weighted by atomic mass is 32.2. The third-order valence-corrected chi connectivity index (χ3v) is 7.62. The maximum Gasteiger partial charge on any atom is 0.269 e. The second-order valence-electron chi connectivity index (χ2n) is 8.18. The molecule has 0 bridgehead atoms. The normalized spacial score (nSPS) is 14.8. The highest BCUT2D eigenvalue weighted by Crippen LogP contribution is 2.31. The summed E-state index contributed by atoms with van der Waals surface area (Å²) in [7, 11) is -2.11. The van der Waals surface area contributed by atoms with Crippen LogP contribution in [0.15, 0.2) is 58.2 Å². The van der Waals surface area contributed by atoms with Gasteiger partial charge in [-0.3, -0.25) is 4.79 Å². The predicted molar refractivity (Wildman–Crippen MR) is 121 cm³/mol. The number of hydrogen-bond donors (Lipinski definition) is 1. The Balaban J connectivity index is 1.76. The van der Waals surface area contributed by atoms with Crippen molar-refractivity contribution in [3.63, 3.8) is 0 Å². The summed E-state index contributed by atoms with van der Waals surface area (Å²) in [5.41, 5.74) is 4.67. The Hall–Kier alpha value is -2.77. The lowest BCUT2D eigenvalue weighted by Crippen LogP contribution is -2.29. The van der Waals surface area contributed by atoms with Gasteiger partial charge >= 0.3 is 0 Å². The third kappa shape index (κ3) is 4.20. The number of sulfonamides is 1. The molecule has 1 aliphatic rings. The van der Waals surface area contributed by atoms with Gasteiger partial charge in [-0.05, 0) is 62.3 Å². The van der Waals surface area contributed by atoms with Gasteiger partial charge in [-0.25, -0.2) is 17.8 Å². The van der Waals surface area contributed by atoms with Crippen LogP contribution in [0.3, 0.4) is 0 Å². The number of nitrogens with one attached hydrogen (secondary N) is 1. The highest BCUT2D eigenvalue weighted by Gasteiger charge is 2.24. The predicted octanol–water partition coefficient (Wildman–Crippen LogP) is 3.67. The number of benzene rings is 2. The van der Waals surface area contributed by atoms with Gasteiger partial charge in [0.2, 0.25) is 10.0 Å². The van der Waals surface area contributed by atoms with Crippen LogP contribution >= 0.6 is 0 Å². The first-order valence-electron chi connectivity index (χ1n) is 10.6. The zero-order chi connectivity index (χ0) is 22.2. The molecule has 0 saturated heterocycles. The summed E-state index contributed by atoms with van der Waals surface area (Å²) < 4.78 is 30.6. The Morgan fingerprint density at radius 2 is 1.71 bits per heavy atom. The molecular weight excluding hydrogens is 410 g/mol. The van der Waals surface area contributed by atoms with E-state index in [1.807, 2.05) is 43.3 Å². The summed E-state index contributed by atoms with van der Waals surface area (Å²) in [6.07, 6.45) is 3.51. The van der Waals surface area contributed by atoms with Crippen LogP contribution in [-0.2, 0) is 29.9 Å². The Kier molecular flexibility index (Phi) is 5.81. The lowest BCUT2D eigenvalue weighted by Gasteiger charge is -2.20. The van der Waals surface area contributed by atoms with Crippen LogP contribution < -0.4 is 10.3 Å². The number of nitrogens with zero attached hydrogens (tertiary/aromatic N) is 2. The van der Waals surface area contributed by atoms with Gasteiger partial charge in [0.25, 0.3) is 5.56 Å². The van der Waals surface area contributed by atoms with Crippen LogP contribution in [0.4, 0.5) is 0 Å². The molecule has 7 heteroatoms. The summed E-state index contributed by atoms with van der Waals surface area (Å²) in [5, 5.41) is 4.51. The van der Waals surface area contributed by atoms with Gasteiger partial charge in [0.05, 0.1) is 10.6 Å². The number of aryl methyl sites for hydroxylation is 2. The SMILES string of the molecule is Cc1ccc(-c2nn(C)c(=O)c3c2CCCC3)cc1S(=O)(=O)NC(C)c1ccccc1. The molecule has 1 aromatic heterocycles. The molecule has 0 fully saturated rings. The minimum absolute atomic E-state index is 0.0586. The molecule has 1 heterocycles. The van der Waals surface area contributed by atoms with Crippen molar-refractivity contribution >= 4 is 10.0 Å². The fourth-order valence-electron chi connectivity index (χ4n) is 4.23. The van der Waals surface area contributed by atoms with E-state index in [9.17, 15) is 13.2 Å². The fraction of sp³-hybridized carbons (Fsp3) is 0.333. The molecule has 3 aromatic rings. The van der Waals surface area contributed by atoms with Crippen LogP contribution in [0.25, 0.3) is 11.3 Å². The van der Waals surface area contributed by atoms with Crippen LogP contribution in [0.1, 0.15) is 48.1 Å². The van der Waals surface area contributed by atoms with Gasteiger partial charge in [0, 0.05) is 24.2 Å². The van der Waals surface area contributed by atoms with Gasteiger partial charge in [0.1, 0.15) is 0 Å². The molecule has 2 aromatic carbocycles. The average molecular weight is 438 g/mol. The quantitative estimate of drug-likeness (QED) is 0.660. The highest BCUT2D eigenvalue weighted by molar-refractivity contribution is 7.89. The minimum Gasteiger partial charge on any atom is -0.268 e.